The maximum absolute atomic E-state index is 12.1. The van der Waals surface area contributed by atoms with Gasteiger partial charge in [0, 0.05) is 12.1 Å². The number of ether oxygens (including phenoxy) is 2. The SMILES string of the molecule is COc1ccc(OC)c(S(=O)(=O)N[C@@H](C)CO)c1. The fourth-order valence-corrected chi connectivity index (χ4v) is 2.78. The van der Waals surface area contributed by atoms with Gasteiger partial charge in [-0.05, 0) is 19.1 Å². The Kier molecular flexibility index (Phi) is 4.94. The van der Waals surface area contributed by atoms with E-state index in [1.54, 1.807) is 13.0 Å². The van der Waals surface area contributed by atoms with Gasteiger partial charge in [0.1, 0.15) is 16.4 Å². The molecule has 1 aromatic rings. The van der Waals surface area contributed by atoms with E-state index >= 15 is 0 Å². The summed E-state index contributed by atoms with van der Waals surface area (Å²) >= 11 is 0. The Balaban J connectivity index is 3.20. The standard InChI is InChI=1S/C11H17NO5S/c1-8(7-13)12-18(14,15)11-6-9(16-2)4-5-10(11)17-3/h4-6,8,12-13H,7H2,1-3H3/t8-/m0/s1. The van der Waals surface area contributed by atoms with Crippen molar-refractivity contribution in [3.8, 4) is 11.5 Å². The third-order valence-electron chi connectivity index (χ3n) is 2.29. The first-order valence-electron chi connectivity index (χ1n) is 5.29. The molecule has 0 amide bonds. The molecule has 18 heavy (non-hydrogen) atoms. The topological polar surface area (TPSA) is 84.9 Å². The zero-order valence-corrected chi connectivity index (χ0v) is 11.3. The fraction of sp³-hybridized carbons (Fsp3) is 0.455. The van der Waals surface area contributed by atoms with Crippen molar-refractivity contribution in [2.75, 3.05) is 20.8 Å². The Hall–Kier alpha value is -1.31. The molecular weight excluding hydrogens is 258 g/mol. The maximum atomic E-state index is 12.1. The Morgan fingerprint density at radius 1 is 1.33 bits per heavy atom. The summed E-state index contributed by atoms with van der Waals surface area (Å²) < 4.78 is 36.5. The van der Waals surface area contributed by atoms with E-state index in [1.165, 1.54) is 26.4 Å². The van der Waals surface area contributed by atoms with Crippen molar-refractivity contribution in [2.24, 2.45) is 0 Å². The van der Waals surface area contributed by atoms with Gasteiger partial charge in [-0.2, -0.15) is 0 Å². The lowest BCUT2D eigenvalue weighted by atomic mass is 10.3. The van der Waals surface area contributed by atoms with Crippen molar-refractivity contribution in [3.05, 3.63) is 18.2 Å². The average Bonchev–Trinajstić information content (AvgIpc) is 2.37. The number of hydrogen-bond donors (Lipinski definition) is 2. The molecule has 1 aromatic carbocycles. The number of methoxy groups -OCH3 is 2. The monoisotopic (exact) mass is 275 g/mol. The van der Waals surface area contributed by atoms with E-state index in [9.17, 15) is 8.42 Å². The van der Waals surface area contributed by atoms with Gasteiger partial charge in [0.05, 0.1) is 20.8 Å². The molecule has 0 saturated carbocycles. The molecule has 0 unspecified atom stereocenters. The highest BCUT2D eigenvalue weighted by Crippen LogP contribution is 2.28. The summed E-state index contributed by atoms with van der Waals surface area (Å²) in [7, 11) is -0.930. The van der Waals surface area contributed by atoms with E-state index in [2.05, 4.69) is 4.72 Å². The second-order valence-corrected chi connectivity index (χ2v) is 5.40. The fourth-order valence-electron chi connectivity index (χ4n) is 1.36. The molecule has 0 aromatic heterocycles. The van der Waals surface area contributed by atoms with Crippen molar-refractivity contribution >= 4 is 10.0 Å². The normalized spacial score (nSPS) is 13.1. The molecule has 0 heterocycles. The summed E-state index contributed by atoms with van der Waals surface area (Å²) in [6, 6.07) is 3.90. The Morgan fingerprint density at radius 3 is 2.50 bits per heavy atom. The van der Waals surface area contributed by atoms with Gasteiger partial charge in [-0.15, -0.1) is 0 Å². The van der Waals surface area contributed by atoms with Gasteiger partial charge in [-0.3, -0.25) is 0 Å². The quantitative estimate of drug-likeness (QED) is 0.783. The van der Waals surface area contributed by atoms with Crippen LogP contribution in [-0.4, -0.2) is 40.4 Å². The average molecular weight is 275 g/mol. The molecule has 0 aliphatic carbocycles. The van der Waals surface area contributed by atoms with Crippen LogP contribution in [0.25, 0.3) is 0 Å². The first-order chi connectivity index (χ1) is 8.44. The number of hydrogen-bond acceptors (Lipinski definition) is 5. The zero-order chi connectivity index (χ0) is 13.8. The van der Waals surface area contributed by atoms with Gasteiger partial charge in [0.2, 0.25) is 10.0 Å². The summed E-state index contributed by atoms with van der Waals surface area (Å²) in [5.41, 5.74) is 0. The summed E-state index contributed by atoms with van der Waals surface area (Å²) in [6.07, 6.45) is 0. The van der Waals surface area contributed by atoms with Crippen LogP contribution in [0.15, 0.2) is 23.1 Å². The number of benzene rings is 1. The molecule has 0 aliphatic rings. The molecule has 0 saturated heterocycles. The first-order valence-corrected chi connectivity index (χ1v) is 6.78. The molecule has 7 heteroatoms. The predicted octanol–water partition coefficient (Wildman–Crippen LogP) is 0.363. The second-order valence-electron chi connectivity index (χ2n) is 3.72. The molecule has 0 radical (unpaired) electrons. The molecule has 0 bridgehead atoms. The summed E-state index contributed by atoms with van der Waals surface area (Å²) in [6.45, 7) is 1.27. The van der Waals surface area contributed by atoms with Crippen LogP contribution in [0.4, 0.5) is 0 Å². The van der Waals surface area contributed by atoms with Crippen molar-refractivity contribution < 1.29 is 23.0 Å². The highest BCUT2D eigenvalue weighted by Gasteiger charge is 2.22. The lowest BCUT2D eigenvalue weighted by molar-refractivity contribution is 0.265. The molecule has 0 fully saturated rings. The summed E-state index contributed by atoms with van der Waals surface area (Å²) in [4.78, 5) is -0.0235. The maximum Gasteiger partial charge on any atom is 0.244 e. The molecule has 102 valence electrons. The van der Waals surface area contributed by atoms with E-state index < -0.39 is 16.1 Å². The van der Waals surface area contributed by atoms with E-state index in [0.29, 0.717) is 5.75 Å². The molecule has 1 atom stereocenters. The van der Waals surface area contributed by atoms with Gasteiger partial charge in [0.25, 0.3) is 0 Å². The van der Waals surface area contributed by atoms with Crippen molar-refractivity contribution in [2.45, 2.75) is 17.9 Å². The van der Waals surface area contributed by atoms with E-state index in [0.717, 1.165) is 0 Å². The molecular formula is C11H17NO5S. The molecule has 0 spiro atoms. The van der Waals surface area contributed by atoms with Crippen LogP contribution in [0.5, 0.6) is 11.5 Å². The highest BCUT2D eigenvalue weighted by molar-refractivity contribution is 7.89. The Bertz CT molecular complexity index is 500. The van der Waals surface area contributed by atoms with E-state index in [-0.39, 0.29) is 17.3 Å². The summed E-state index contributed by atoms with van der Waals surface area (Å²) in [5.74, 6) is 0.626. The number of aliphatic hydroxyl groups is 1. The van der Waals surface area contributed by atoms with Crippen LogP contribution >= 0.6 is 0 Å². The molecule has 1 rings (SSSR count). The number of rotatable bonds is 6. The van der Waals surface area contributed by atoms with Crippen LogP contribution in [0.1, 0.15) is 6.92 Å². The van der Waals surface area contributed by atoms with Crippen molar-refractivity contribution in [1.29, 1.82) is 0 Å². The smallest absolute Gasteiger partial charge is 0.244 e. The van der Waals surface area contributed by atoms with Gasteiger partial charge >= 0.3 is 0 Å². The lowest BCUT2D eigenvalue weighted by Gasteiger charge is -2.14. The van der Waals surface area contributed by atoms with Crippen LogP contribution in [0, 0.1) is 0 Å². The van der Waals surface area contributed by atoms with Gasteiger partial charge < -0.3 is 14.6 Å². The van der Waals surface area contributed by atoms with Gasteiger partial charge in [0.15, 0.2) is 0 Å². The number of aliphatic hydroxyl groups excluding tert-OH is 1. The van der Waals surface area contributed by atoms with Crippen LogP contribution in [-0.2, 0) is 10.0 Å². The number of nitrogens with one attached hydrogen (secondary N) is 1. The minimum absolute atomic E-state index is 0.0235. The van der Waals surface area contributed by atoms with Crippen LogP contribution < -0.4 is 14.2 Å². The predicted molar refractivity (Wildman–Crippen MR) is 66.4 cm³/mol. The third-order valence-corrected chi connectivity index (χ3v) is 3.90. The third kappa shape index (κ3) is 3.34. The van der Waals surface area contributed by atoms with Crippen LogP contribution in [0.2, 0.25) is 0 Å². The van der Waals surface area contributed by atoms with Crippen molar-refractivity contribution in [3.63, 3.8) is 0 Å². The summed E-state index contributed by atoms with van der Waals surface area (Å²) in [5, 5.41) is 8.89. The zero-order valence-electron chi connectivity index (χ0n) is 10.5. The van der Waals surface area contributed by atoms with E-state index in [4.69, 9.17) is 14.6 Å². The Morgan fingerprint density at radius 2 is 2.00 bits per heavy atom. The first kappa shape index (κ1) is 14.7. The molecule has 0 aliphatic heterocycles. The largest absolute Gasteiger partial charge is 0.497 e. The van der Waals surface area contributed by atoms with Crippen LogP contribution in [0.3, 0.4) is 0 Å². The lowest BCUT2D eigenvalue weighted by Crippen LogP contribution is -2.35. The Labute approximate surface area is 107 Å². The number of sulfonamides is 1. The van der Waals surface area contributed by atoms with Crippen molar-refractivity contribution in [1.82, 2.24) is 4.72 Å². The molecule has 2 N–H and O–H groups in total. The van der Waals surface area contributed by atoms with E-state index in [1.807, 2.05) is 0 Å². The second kappa shape index (κ2) is 6.03. The highest BCUT2D eigenvalue weighted by atomic mass is 32.2. The molecule has 6 nitrogen and oxygen atoms in total. The van der Waals surface area contributed by atoms with Gasteiger partial charge in [-0.25, -0.2) is 13.1 Å². The minimum Gasteiger partial charge on any atom is -0.497 e. The minimum atomic E-state index is -3.76. The van der Waals surface area contributed by atoms with Gasteiger partial charge in [-0.1, -0.05) is 0 Å².